The Balaban J connectivity index is 1.17. The number of rotatable bonds is 8. The normalized spacial score (nSPS) is 23.3. The van der Waals surface area contributed by atoms with Crippen molar-refractivity contribution in [3.05, 3.63) is 35.5 Å². The molecule has 1 aliphatic carbocycles. The van der Waals surface area contributed by atoms with Crippen LogP contribution in [0.25, 0.3) is 11.3 Å². The molecule has 0 amide bonds. The molecule has 3 aliphatic rings. The van der Waals surface area contributed by atoms with Gasteiger partial charge in [-0.2, -0.15) is 0 Å². The molecule has 0 radical (unpaired) electrons. The van der Waals surface area contributed by atoms with Crippen LogP contribution in [0.1, 0.15) is 51.4 Å². The molecule has 188 valence electrons. The first-order valence-electron chi connectivity index (χ1n) is 13.1. The van der Waals surface area contributed by atoms with E-state index in [0.717, 1.165) is 101 Å². The van der Waals surface area contributed by atoms with Gasteiger partial charge in [-0.15, -0.1) is 0 Å². The number of nitrogens with zero attached hydrogens (tertiary/aromatic N) is 3. The zero-order valence-electron chi connectivity index (χ0n) is 20.3. The van der Waals surface area contributed by atoms with Gasteiger partial charge < -0.3 is 20.1 Å². The van der Waals surface area contributed by atoms with Crippen molar-refractivity contribution in [3.8, 4) is 11.3 Å². The Hall–Kier alpha value is -2.22. The fourth-order valence-electron chi connectivity index (χ4n) is 5.08. The van der Waals surface area contributed by atoms with Crippen LogP contribution in [0.5, 0.6) is 0 Å². The molecule has 35 heavy (non-hydrogen) atoms. The van der Waals surface area contributed by atoms with Crippen molar-refractivity contribution < 1.29 is 9.47 Å². The summed E-state index contributed by atoms with van der Waals surface area (Å²) in [6, 6.07) is 8.45. The number of anilines is 2. The van der Waals surface area contributed by atoms with Crippen LogP contribution in [0.2, 0.25) is 5.02 Å². The summed E-state index contributed by atoms with van der Waals surface area (Å²) in [5, 5.41) is 7.72. The van der Waals surface area contributed by atoms with Gasteiger partial charge in [-0.25, -0.2) is 9.97 Å². The third-order valence-corrected chi connectivity index (χ3v) is 7.55. The average Bonchev–Trinajstić information content (AvgIpc) is 3.43. The molecule has 0 unspecified atom stereocenters. The highest BCUT2D eigenvalue weighted by Crippen LogP contribution is 2.30. The summed E-state index contributed by atoms with van der Waals surface area (Å²) >= 11 is 6.54. The average molecular weight is 498 g/mol. The number of halogens is 1. The van der Waals surface area contributed by atoms with Gasteiger partial charge in [0.2, 0.25) is 0 Å². The lowest BCUT2D eigenvalue weighted by atomic mass is 9.93. The van der Waals surface area contributed by atoms with Crippen molar-refractivity contribution in [3.63, 3.8) is 0 Å². The molecule has 1 atom stereocenters. The van der Waals surface area contributed by atoms with Gasteiger partial charge in [-0.1, -0.05) is 17.7 Å². The maximum atomic E-state index is 6.54. The van der Waals surface area contributed by atoms with Gasteiger partial charge in [0.05, 0.1) is 23.4 Å². The van der Waals surface area contributed by atoms with Crippen molar-refractivity contribution in [1.82, 2.24) is 9.97 Å². The predicted octanol–water partition coefficient (Wildman–Crippen LogP) is 5.61. The molecule has 2 aromatic heterocycles. The van der Waals surface area contributed by atoms with Crippen LogP contribution in [-0.2, 0) is 9.47 Å². The van der Waals surface area contributed by atoms with Crippen molar-refractivity contribution in [2.45, 2.75) is 63.5 Å². The van der Waals surface area contributed by atoms with Gasteiger partial charge in [-0.3, -0.25) is 4.99 Å². The molecular weight excluding hydrogens is 462 g/mol. The molecular formula is C27H36ClN5O2. The Labute approximate surface area is 213 Å². The molecule has 1 saturated carbocycles. The lowest BCUT2D eigenvalue weighted by molar-refractivity contribution is 0.0699. The number of hydrogen-bond acceptors (Lipinski definition) is 7. The number of nitrogens with one attached hydrogen (secondary N) is 2. The quantitative estimate of drug-likeness (QED) is 0.493. The van der Waals surface area contributed by atoms with E-state index in [4.69, 9.17) is 31.1 Å². The van der Waals surface area contributed by atoms with Crippen molar-refractivity contribution in [2.24, 2.45) is 10.9 Å². The molecule has 0 aromatic carbocycles. The lowest BCUT2D eigenvalue weighted by Gasteiger charge is -2.25. The highest BCUT2D eigenvalue weighted by Gasteiger charge is 2.20. The van der Waals surface area contributed by atoms with E-state index in [1.54, 1.807) is 6.20 Å². The third-order valence-electron chi connectivity index (χ3n) is 7.25. The fraction of sp³-hybridized carbons (Fsp3) is 0.593. The molecule has 0 spiro atoms. The molecule has 4 heterocycles. The Morgan fingerprint density at radius 3 is 2.69 bits per heavy atom. The van der Waals surface area contributed by atoms with Gasteiger partial charge in [0.25, 0.3) is 0 Å². The van der Waals surface area contributed by atoms with E-state index < -0.39 is 0 Å². The first kappa shape index (κ1) is 24.5. The van der Waals surface area contributed by atoms with E-state index in [-0.39, 0.29) is 0 Å². The van der Waals surface area contributed by atoms with Gasteiger partial charge in [0.1, 0.15) is 11.6 Å². The van der Waals surface area contributed by atoms with E-state index in [1.165, 1.54) is 12.1 Å². The Morgan fingerprint density at radius 2 is 1.89 bits per heavy atom. The van der Waals surface area contributed by atoms with Crippen LogP contribution in [0, 0.1) is 5.92 Å². The summed E-state index contributed by atoms with van der Waals surface area (Å²) in [5.74, 6) is 2.35. The third kappa shape index (κ3) is 6.93. The molecule has 7 nitrogen and oxygen atoms in total. The topological polar surface area (TPSA) is 80.7 Å². The highest BCUT2D eigenvalue weighted by atomic mass is 35.5. The number of aromatic nitrogens is 2. The summed E-state index contributed by atoms with van der Waals surface area (Å²) in [6.07, 6.45) is 10.8. The van der Waals surface area contributed by atoms with E-state index >= 15 is 0 Å². The molecule has 3 fully saturated rings. The minimum atomic E-state index is 0.333. The Bertz CT molecular complexity index is 995. The maximum absolute atomic E-state index is 6.54. The van der Waals surface area contributed by atoms with Gasteiger partial charge in [0, 0.05) is 49.9 Å². The van der Waals surface area contributed by atoms with E-state index in [1.807, 2.05) is 24.3 Å². The first-order valence-corrected chi connectivity index (χ1v) is 13.5. The predicted molar refractivity (Wildman–Crippen MR) is 142 cm³/mol. The SMILES string of the molecule is Clc1cnc(NC2CCC(=NC[C@@H]3CCCO3)CC2)cc1-c1cccc(NCC2CCOCC2)n1. The van der Waals surface area contributed by atoms with Crippen LogP contribution < -0.4 is 10.6 Å². The van der Waals surface area contributed by atoms with Crippen molar-refractivity contribution >= 4 is 28.9 Å². The van der Waals surface area contributed by atoms with E-state index in [2.05, 4.69) is 15.6 Å². The zero-order chi connectivity index (χ0) is 23.9. The summed E-state index contributed by atoms with van der Waals surface area (Å²) in [5.41, 5.74) is 3.08. The van der Waals surface area contributed by atoms with Crippen LogP contribution >= 0.6 is 11.6 Å². The summed E-state index contributed by atoms with van der Waals surface area (Å²) < 4.78 is 11.2. The van der Waals surface area contributed by atoms with E-state index in [0.29, 0.717) is 23.1 Å². The zero-order valence-corrected chi connectivity index (χ0v) is 21.1. The molecule has 2 aromatic rings. The number of hydrogen-bond donors (Lipinski definition) is 2. The molecule has 8 heteroatoms. The lowest BCUT2D eigenvalue weighted by Crippen LogP contribution is -2.27. The second kappa shape index (κ2) is 12.2. The van der Waals surface area contributed by atoms with Crippen LogP contribution in [0.3, 0.4) is 0 Å². The maximum Gasteiger partial charge on any atom is 0.126 e. The highest BCUT2D eigenvalue weighted by molar-refractivity contribution is 6.33. The summed E-state index contributed by atoms with van der Waals surface area (Å²) in [4.78, 5) is 14.2. The summed E-state index contributed by atoms with van der Waals surface area (Å²) in [7, 11) is 0. The smallest absolute Gasteiger partial charge is 0.126 e. The van der Waals surface area contributed by atoms with Gasteiger partial charge in [-0.05, 0) is 75.5 Å². The molecule has 0 bridgehead atoms. The monoisotopic (exact) mass is 497 g/mol. The largest absolute Gasteiger partial charge is 0.381 e. The second-order valence-corrected chi connectivity index (χ2v) is 10.3. The van der Waals surface area contributed by atoms with Crippen molar-refractivity contribution in [2.75, 3.05) is 43.5 Å². The van der Waals surface area contributed by atoms with Crippen LogP contribution in [-0.4, -0.2) is 60.7 Å². The molecule has 2 aliphatic heterocycles. The Kier molecular flexibility index (Phi) is 8.50. The number of ether oxygens (including phenoxy) is 2. The van der Waals surface area contributed by atoms with Gasteiger partial charge >= 0.3 is 0 Å². The molecule has 2 N–H and O–H groups in total. The minimum absolute atomic E-state index is 0.333. The van der Waals surface area contributed by atoms with Gasteiger partial charge in [0.15, 0.2) is 0 Å². The molecule has 2 saturated heterocycles. The number of pyridine rings is 2. The standard InChI is InChI=1S/C27H36ClN5O2/c28-24-18-31-27(32-21-8-6-20(7-9-21)29-17-22-3-2-12-35-22)15-23(24)25-4-1-5-26(33-25)30-16-19-10-13-34-14-11-19/h1,4-5,15,18-19,21-22H,2-3,6-14,16-17H2,(H,30,33)(H,31,32)/t21?,22-/m0/s1. The summed E-state index contributed by atoms with van der Waals surface area (Å²) in [6.45, 7) is 4.34. The number of aliphatic imine (C=N–C) groups is 1. The Morgan fingerprint density at radius 1 is 1.03 bits per heavy atom. The van der Waals surface area contributed by atoms with E-state index in [9.17, 15) is 0 Å². The van der Waals surface area contributed by atoms with Crippen LogP contribution in [0.4, 0.5) is 11.6 Å². The first-order chi connectivity index (χ1) is 17.2. The minimum Gasteiger partial charge on any atom is -0.381 e. The second-order valence-electron chi connectivity index (χ2n) is 9.85. The molecule has 5 rings (SSSR count). The van der Waals surface area contributed by atoms with Crippen LogP contribution in [0.15, 0.2) is 35.5 Å². The van der Waals surface area contributed by atoms with Crippen molar-refractivity contribution in [1.29, 1.82) is 0 Å². The fourth-order valence-corrected chi connectivity index (χ4v) is 5.28.